The molecule has 0 aliphatic carbocycles. The van der Waals surface area contributed by atoms with E-state index in [-0.39, 0.29) is 23.8 Å². The van der Waals surface area contributed by atoms with Crippen molar-refractivity contribution in [1.82, 2.24) is 15.0 Å². The Balaban J connectivity index is 1.52. The predicted molar refractivity (Wildman–Crippen MR) is 137 cm³/mol. The number of hydrogen-bond acceptors (Lipinski definition) is 9. The molecule has 0 saturated carbocycles. The molecule has 194 valence electrons. The third-order valence-corrected chi connectivity index (χ3v) is 8.28. The standard InChI is InChI=1S/C24H23F2N5O4S2/c1-13-10-31(11-14(2)35-13)22-17-8-20(36-24(17)29-12-28-22)15-6-19(23(34-3)27-9-15)30-37(32,33)21-5-4-16(25)7-18(21)26/h4-9,12-14,30H,10-11H2,1-3H3. The lowest BCUT2D eigenvalue weighted by molar-refractivity contribution is -0.00537. The fourth-order valence-electron chi connectivity index (χ4n) is 4.30. The van der Waals surface area contributed by atoms with Crippen molar-refractivity contribution in [2.24, 2.45) is 0 Å². The van der Waals surface area contributed by atoms with Crippen molar-refractivity contribution in [1.29, 1.82) is 0 Å². The van der Waals surface area contributed by atoms with Gasteiger partial charge in [-0.25, -0.2) is 32.2 Å². The number of sulfonamides is 1. The lowest BCUT2D eigenvalue weighted by Crippen LogP contribution is -2.45. The van der Waals surface area contributed by atoms with Gasteiger partial charge >= 0.3 is 0 Å². The number of hydrogen-bond donors (Lipinski definition) is 1. The molecule has 0 bridgehead atoms. The third kappa shape index (κ3) is 5.06. The number of nitrogens with one attached hydrogen (secondary N) is 1. The van der Waals surface area contributed by atoms with E-state index in [9.17, 15) is 17.2 Å². The minimum Gasteiger partial charge on any atom is -0.480 e. The topological polar surface area (TPSA) is 107 Å². The van der Waals surface area contributed by atoms with E-state index in [0.717, 1.165) is 33.0 Å². The van der Waals surface area contributed by atoms with Crippen molar-refractivity contribution in [3.05, 3.63) is 54.5 Å². The Morgan fingerprint density at radius 1 is 1.11 bits per heavy atom. The molecule has 4 heterocycles. The quantitative estimate of drug-likeness (QED) is 0.377. The average Bonchev–Trinajstić information content (AvgIpc) is 3.27. The number of nitrogens with zero attached hydrogens (tertiary/aromatic N) is 4. The van der Waals surface area contributed by atoms with Gasteiger partial charge in [0.25, 0.3) is 10.0 Å². The minimum absolute atomic E-state index is 0.00307. The van der Waals surface area contributed by atoms with Gasteiger partial charge in [0, 0.05) is 35.8 Å². The first-order valence-electron chi connectivity index (χ1n) is 11.3. The third-order valence-electron chi connectivity index (χ3n) is 5.78. The van der Waals surface area contributed by atoms with Crippen LogP contribution in [0, 0.1) is 11.6 Å². The summed E-state index contributed by atoms with van der Waals surface area (Å²) in [5, 5.41) is 0.857. The number of methoxy groups -OCH3 is 1. The van der Waals surface area contributed by atoms with Gasteiger partial charge in [-0.15, -0.1) is 11.3 Å². The molecule has 4 aromatic rings. The number of aromatic nitrogens is 3. The molecule has 3 aromatic heterocycles. The van der Waals surface area contributed by atoms with E-state index in [1.807, 2.05) is 19.9 Å². The van der Waals surface area contributed by atoms with E-state index >= 15 is 0 Å². The number of ether oxygens (including phenoxy) is 2. The van der Waals surface area contributed by atoms with Gasteiger partial charge in [0.1, 0.15) is 39.2 Å². The Morgan fingerprint density at radius 3 is 2.57 bits per heavy atom. The second-order valence-electron chi connectivity index (χ2n) is 8.65. The summed E-state index contributed by atoms with van der Waals surface area (Å²) in [5.41, 5.74) is 0.596. The molecule has 13 heteroatoms. The first-order chi connectivity index (χ1) is 17.6. The summed E-state index contributed by atoms with van der Waals surface area (Å²) in [4.78, 5) is 16.2. The molecular weight excluding hydrogens is 524 g/mol. The van der Waals surface area contributed by atoms with Crippen LogP contribution in [-0.2, 0) is 14.8 Å². The molecule has 0 spiro atoms. The van der Waals surface area contributed by atoms with Gasteiger partial charge < -0.3 is 14.4 Å². The van der Waals surface area contributed by atoms with Crippen LogP contribution in [0.3, 0.4) is 0 Å². The number of morpholine rings is 1. The zero-order valence-electron chi connectivity index (χ0n) is 20.1. The van der Waals surface area contributed by atoms with Crippen LogP contribution in [-0.4, -0.2) is 55.8 Å². The van der Waals surface area contributed by atoms with Crippen LogP contribution in [0.5, 0.6) is 5.88 Å². The van der Waals surface area contributed by atoms with Gasteiger partial charge in [-0.3, -0.25) is 4.72 Å². The summed E-state index contributed by atoms with van der Waals surface area (Å²) < 4.78 is 66.6. The van der Waals surface area contributed by atoms with Crippen molar-refractivity contribution < 1.29 is 26.7 Å². The largest absolute Gasteiger partial charge is 0.480 e. The zero-order valence-corrected chi connectivity index (χ0v) is 21.7. The average molecular weight is 548 g/mol. The predicted octanol–water partition coefficient (Wildman–Crippen LogP) is 4.45. The number of rotatable bonds is 6. The lowest BCUT2D eigenvalue weighted by Gasteiger charge is -2.36. The van der Waals surface area contributed by atoms with Gasteiger partial charge in [0.15, 0.2) is 0 Å². The lowest BCUT2D eigenvalue weighted by atomic mass is 10.2. The molecule has 2 unspecified atom stereocenters. The molecule has 1 aliphatic heterocycles. The van der Waals surface area contributed by atoms with E-state index in [1.165, 1.54) is 24.8 Å². The maximum atomic E-state index is 14.2. The Bertz CT molecular complexity index is 1570. The van der Waals surface area contributed by atoms with Crippen LogP contribution in [0.4, 0.5) is 20.3 Å². The highest BCUT2D eigenvalue weighted by atomic mass is 32.2. The molecule has 0 amide bonds. The number of anilines is 2. The first kappa shape index (κ1) is 25.2. The molecule has 5 rings (SSSR count). The highest BCUT2D eigenvalue weighted by Crippen LogP contribution is 2.39. The summed E-state index contributed by atoms with van der Waals surface area (Å²) in [6, 6.07) is 5.71. The van der Waals surface area contributed by atoms with E-state index < -0.39 is 26.6 Å². The molecular formula is C24H23F2N5O4S2. The van der Waals surface area contributed by atoms with Crippen LogP contribution in [0.2, 0.25) is 0 Å². The van der Waals surface area contributed by atoms with Crippen LogP contribution in [0.25, 0.3) is 20.7 Å². The fraction of sp³-hybridized carbons (Fsp3) is 0.292. The van der Waals surface area contributed by atoms with E-state index in [2.05, 4.69) is 24.6 Å². The van der Waals surface area contributed by atoms with Crippen molar-refractivity contribution >= 4 is 43.1 Å². The maximum Gasteiger partial charge on any atom is 0.264 e. The van der Waals surface area contributed by atoms with Gasteiger partial charge in [0.2, 0.25) is 5.88 Å². The summed E-state index contributed by atoms with van der Waals surface area (Å²) in [6.07, 6.45) is 3.18. The number of fused-ring (bicyclic) bond motifs is 1. The van der Waals surface area contributed by atoms with Gasteiger partial charge in [-0.2, -0.15) is 0 Å². The molecule has 1 fully saturated rings. The minimum atomic E-state index is -4.40. The molecule has 9 nitrogen and oxygen atoms in total. The second-order valence-corrected chi connectivity index (χ2v) is 11.3. The van der Waals surface area contributed by atoms with E-state index in [1.54, 1.807) is 12.3 Å². The summed E-state index contributed by atoms with van der Waals surface area (Å²) in [6.45, 7) is 5.42. The molecule has 1 N–H and O–H groups in total. The fourth-order valence-corrected chi connectivity index (χ4v) is 6.39. The van der Waals surface area contributed by atoms with Gasteiger partial charge in [-0.05, 0) is 38.1 Å². The number of benzene rings is 1. The first-order valence-corrected chi connectivity index (χ1v) is 13.6. The zero-order chi connectivity index (χ0) is 26.3. The van der Waals surface area contributed by atoms with Crippen molar-refractivity contribution in [2.45, 2.75) is 31.0 Å². The number of thiophene rings is 1. The maximum absolute atomic E-state index is 14.2. The summed E-state index contributed by atoms with van der Waals surface area (Å²) >= 11 is 1.40. The Hall–Kier alpha value is -3.42. The van der Waals surface area contributed by atoms with Gasteiger partial charge in [-0.1, -0.05) is 0 Å². The van der Waals surface area contributed by atoms with Crippen LogP contribution >= 0.6 is 11.3 Å². The SMILES string of the molecule is COc1ncc(-c2cc3c(N4CC(C)OC(C)C4)ncnc3s2)cc1NS(=O)(=O)c1ccc(F)cc1F. The van der Waals surface area contributed by atoms with E-state index in [4.69, 9.17) is 9.47 Å². The monoisotopic (exact) mass is 547 g/mol. The second kappa shape index (κ2) is 9.80. The van der Waals surface area contributed by atoms with Crippen molar-refractivity contribution in [3.63, 3.8) is 0 Å². The molecule has 0 radical (unpaired) electrons. The Kier molecular flexibility index (Phi) is 6.68. The highest BCUT2D eigenvalue weighted by molar-refractivity contribution is 7.92. The molecule has 2 atom stereocenters. The smallest absolute Gasteiger partial charge is 0.264 e. The van der Waals surface area contributed by atoms with Crippen molar-refractivity contribution in [3.8, 4) is 16.3 Å². The van der Waals surface area contributed by atoms with Crippen LogP contribution < -0.4 is 14.4 Å². The molecule has 1 aromatic carbocycles. The number of halogens is 2. The summed E-state index contributed by atoms with van der Waals surface area (Å²) in [7, 11) is -3.06. The Labute approximate surface area is 216 Å². The van der Waals surface area contributed by atoms with Crippen LogP contribution in [0.15, 0.2) is 47.8 Å². The van der Waals surface area contributed by atoms with Crippen LogP contribution in [0.1, 0.15) is 13.8 Å². The molecule has 1 aliphatic rings. The normalized spacial score (nSPS) is 18.2. The van der Waals surface area contributed by atoms with Crippen molar-refractivity contribution in [2.75, 3.05) is 29.8 Å². The summed E-state index contributed by atoms with van der Waals surface area (Å²) in [5.74, 6) is -1.31. The Morgan fingerprint density at radius 2 is 1.86 bits per heavy atom. The highest BCUT2D eigenvalue weighted by Gasteiger charge is 2.26. The van der Waals surface area contributed by atoms with Gasteiger partial charge in [0.05, 0.1) is 24.7 Å². The molecule has 37 heavy (non-hydrogen) atoms. The van der Waals surface area contributed by atoms with E-state index in [0.29, 0.717) is 24.7 Å². The number of pyridine rings is 1. The molecule has 1 saturated heterocycles.